The average Bonchev–Trinajstić information content (AvgIpc) is 3.00. The Morgan fingerprint density at radius 3 is 2.92 bits per heavy atom. The number of piperidine rings is 1. The van der Waals surface area contributed by atoms with Crippen molar-refractivity contribution in [3.8, 4) is 0 Å². The van der Waals surface area contributed by atoms with Gasteiger partial charge in [0.1, 0.15) is 11.2 Å². The Labute approximate surface area is 160 Å². The second-order valence-corrected chi connectivity index (χ2v) is 7.97. The molecule has 1 N–H and O–H groups in total. The van der Waals surface area contributed by atoms with Crippen molar-refractivity contribution in [2.24, 2.45) is 0 Å². The standard InChI is InChI=1S/C18H19ClFN5S/c1-10-5-17(26-24-10)23-18-21-8-11-6-14(19)13(7-16(11)22-18)12-3-4-25(2)9-15(12)20/h5-8,12,15H,3-4,9H2,1-2H3,(H,21,22,23)/t12-,15-/m1/s1. The fraction of sp³-hybridized carbons (Fsp3) is 0.389. The Morgan fingerprint density at radius 2 is 2.19 bits per heavy atom. The van der Waals surface area contributed by atoms with Gasteiger partial charge in [0.25, 0.3) is 0 Å². The van der Waals surface area contributed by atoms with Gasteiger partial charge in [0.2, 0.25) is 5.95 Å². The predicted octanol–water partition coefficient (Wildman–Crippen LogP) is 4.55. The highest BCUT2D eigenvalue weighted by Crippen LogP contribution is 2.36. The number of anilines is 2. The van der Waals surface area contributed by atoms with E-state index in [1.54, 1.807) is 6.20 Å². The summed E-state index contributed by atoms with van der Waals surface area (Å²) in [4.78, 5) is 10.9. The van der Waals surface area contributed by atoms with E-state index >= 15 is 0 Å². The monoisotopic (exact) mass is 391 g/mol. The van der Waals surface area contributed by atoms with Crippen LogP contribution in [0.25, 0.3) is 10.9 Å². The van der Waals surface area contributed by atoms with E-state index in [0.29, 0.717) is 17.5 Å². The Bertz CT molecular complexity index is 946. The molecule has 1 aromatic carbocycles. The molecule has 0 unspecified atom stereocenters. The molecule has 3 aromatic rings. The molecule has 0 saturated carbocycles. The van der Waals surface area contributed by atoms with Crippen LogP contribution in [-0.4, -0.2) is 45.6 Å². The van der Waals surface area contributed by atoms with Gasteiger partial charge in [-0.05, 0) is 62.2 Å². The summed E-state index contributed by atoms with van der Waals surface area (Å²) in [6, 6.07) is 5.68. The van der Waals surface area contributed by atoms with Crippen molar-refractivity contribution < 1.29 is 4.39 Å². The van der Waals surface area contributed by atoms with E-state index in [4.69, 9.17) is 11.6 Å². The molecule has 0 radical (unpaired) electrons. The number of hydrogen-bond acceptors (Lipinski definition) is 6. The zero-order valence-electron chi connectivity index (χ0n) is 14.5. The van der Waals surface area contributed by atoms with Crippen molar-refractivity contribution in [3.05, 3.63) is 40.7 Å². The molecule has 0 amide bonds. The number of fused-ring (bicyclic) bond motifs is 1. The summed E-state index contributed by atoms with van der Waals surface area (Å²) in [6.45, 7) is 3.23. The molecular formula is C18H19ClFN5S. The minimum absolute atomic E-state index is 0.196. The summed E-state index contributed by atoms with van der Waals surface area (Å²) in [5.74, 6) is 0.299. The lowest BCUT2D eigenvalue weighted by atomic mass is 9.87. The first kappa shape index (κ1) is 17.6. The Morgan fingerprint density at radius 1 is 1.35 bits per heavy atom. The largest absolute Gasteiger partial charge is 0.314 e. The highest BCUT2D eigenvalue weighted by molar-refractivity contribution is 7.10. The highest BCUT2D eigenvalue weighted by Gasteiger charge is 2.30. The van der Waals surface area contributed by atoms with E-state index in [1.165, 1.54) is 11.5 Å². The van der Waals surface area contributed by atoms with Crippen molar-refractivity contribution in [1.82, 2.24) is 19.2 Å². The van der Waals surface area contributed by atoms with E-state index in [9.17, 15) is 4.39 Å². The maximum absolute atomic E-state index is 14.6. The van der Waals surface area contributed by atoms with Crippen molar-refractivity contribution in [3.63, 3.8) is 0 Å². The van der Waals surface area contributed by atoms with E-state index in [0.717, 1.165) is 40.1 Å². The van der Waals surface area contributed by atoms with Crippen LogP contribution in [0.4, 0.5) is 15.3 Å². The lowest BCUT2D eigenvalue weighted by Crippen LogP contribution is -2.38. The van der Waals surface area contributed by atoms with E-state index in [2.05, 4.69) is 19.7 Å². The molecule has 2 aromatic heterocycles. The smallest absolute Gasteiger partial charge is 0.228 e. The number of rotatable bonds is 3. The van der Waals surface area contributed by atoms with Gasteiger partial charge in [0.05, 0.1) is 11.2 Å². The molecule has 8 heteroatoms. The van der Waals surface area contributed by atoms with E-state index < -0.39 is 6.17 Å². The Kier molecular flexibility index (Phi) is 4.77. The third-order valence-electron chi connectivity index (χ3n) is 4.71. The summed E-state index contributed by atoms with van der Waals surface area (Å²) >= 11 is 7.81. The second-order valence-electron chi connectivity index (χ2n) is 6.76. The van der Waals surface area contributed by atoms with Crippen LogP contribution in [0.2, 0.25) is 5.02 Å². The number of nitrogens with zero attached hydrogens (tertiary/aromatic N) is 4. The summed E-state index contributed by atoms with van der Waals surface area (Å²) in [6.07, 6.45) is 1.55. The molecule has 1 aliphatic rings. The molecule has 3 heterocycles. The van der Waals surface area contributed by atoms with Gasteiger partial charge in [0, 0.05) is 29.1 Å². The molecule has 0 aliphatic carbocycles. The minimum Gasteiger partial charge on any atom is -0.314 e. The van der Waals surface area contributed by atoms with Crippen LogP contribution in [0, 0.1) is 6.92 Å². The van der Waals surface area contributed by atoms with E-state index in [-0.39, 0.29) is 5.92 Å². The summed E-state index contributed by atoms with van der Waals surface area (Å²) in [5.41, 5.74) is 2.54. The first-order chi connectivity index (χ1) is 12.5. The van der Waals surface area contributed by atoms with Crippen LogP contribution >= 0.6 is 23.1 Å². The summed E-state index contributed by atoms with van der Waals surface area (Å²) < 4.78 is 18.8. The molecule has 136 valence electrons. The first-order valence-electron chi connectivity index (χ1n) is 8.49. The average molecular weight is 392 g/mol. The number of aryl methyl sites for hydroxylation is 1. The Hall–Kier alpha value is -1.83. The fourth-order valence-corrected chi connectivity index (χ4v) is 4.32. The number of benzene rings is 1. The third kappa shape index (κ3) is 3.51. The van der Waals surface area contributed by atoms with Crippen LogP contribution in [-0.2, 0) is 0 Å². The first-order valence-corrected chi connectivity index (χ1v) is 9.64. The quantitative estimate of drug-likeness (QED) is 0.709. The summed E-state index contributed by atoms with van der Waals surface area (Å²) in [5, 5.41) is 5.47. The Balaban J connectivity index is 1.67. The zero-order valence-corrected chi connectivity index (χ0v) is 16.1. The van der Waals surface area contributed by atoms with Gasteiger partial charge < -0.3 is 10.2 Å². The van der Waals surface area contributed by atoms with Gasteiger partial charge in [-0.1, -0.05) is 11.6 Å². The molecule has 2 atom stereocenters. The fourth-order valence-electron chi connectivity index (χ4n) is 3.35. The highest BCUT2D eigenvalue weighted by atomic mass is 35.5. The van der Waals surface area contributed by atoms with Gasteiger partial charge in [-0.15, -0.1) is 0 Å². The molecule has 1 saturated heterocycles. The maximum atomic E-state index is 14.6. The molecule has 1 aliphatic heterocycles. The topological polar surface area (TPSA) is 53.9 Å². The summed E-state index contributed by atoms with van der Waals surface area (Å²) in [7, 11) is 1.94. The van der Waals surface area contributed by atoms with Crippen LogP contribution in [0.3, 0.4) is 0 Å². The third-order valence-corrected chi connectivity index (χ3v) is 5.83. The van der Waals surface area contributed by atoms with Gasteiger partial charge >= 0.3 is 0 Å². The molecule has 0 bridgehead atoms. The predicted molar refractivity (Wildman–Crippen MR) is 104 cm³/mol. The van der Waals surface area contributed by atoms with Gasteiger partial charge in [-0.3, -0.25) is 0 Å². The number of hydrogen-bond donors (Lipinski definition) is 1. The van der Waals surface area contributed by atoms with Crippen molar-refractivity contribution in [1.29, 1.82) is 0 Å². The molecule has 1 fully saturated rings. The van der Waals surface area contributed by atoms with Gasteiger partial charge in [-0.25, -0.2) is 14.4 Å². The number of nitrogens with one attached hydrogen (secondary N) is 1. The van der Waals surface area contributed by atoms with Crippen molar-refractivity contribution >= 4 is 45.0 Å². The number of aromatic nitrogens is 3. The van der Waals surface area contributed by atoms with Gasteiger partial charge in [0.15, 0.2) is 0 Å². The number of likely N-dealkylation sites (tertiary alicyclic amines) is 1. The van der Waals surface area contributed by atoms with Crippen molar-refractivity contribution in [2.45, 2.75) is 25.4 Å². The van der Waals surface area contributed by atoms with Crippen LogP contribution < -0.4 is 5.32 Å². The lowest BCUT2D eigenvalue weighted by molar-refractivity contribution is 0.139. The van der Waals surface area contributed by atoms with Crippen molar-refractivity contribution in [2.75, 3.05) is 25.5 Å². The number of halogens is 2. The van der Waals surface area contributed by atoms with E-state index in [1.807, 2.05) is 37.1 Å². The number of alkyl halides is 1. The second kappa shape index (κ2) is 7.06. The molecule has 26 heavy (non-hydrogen) atoms. The molecular weight excluding hydrogens is 373 g/mol. The molecule has 4 rings (SSSR count). The van der Waals surface area contributed by atoms with Crippen LogP contribution in [0.15, 0.2) is 24.4 Å². The normalized spacial score (nSPS) is 21.2. The van der Waals surface area contributed by atoms with Gasteiger partial charge in [-0.2, -0.15) is 4.37 Å². The lowest BCUT2D eigenvalue weighted by Gasteiger charge is -2.33. The minimum atomic E-state index is -0.927. The molecule has 0 spiro atoms. The zero-order chi connectivity index (χ0) is 18.3. The molecule has 5 nitrogen and oxygen atoms in total. The maximum Gasteiger partial charge on any atom is 0.228 e. The SMILES string of the molecule is Cc1cc(Nc2ncc3cc(Cl)c([C@H]4CCN(C)C[C@H]4F)cc3n2)sn1. The van der Waals surface area contributed by atoms with Crippen LogP contribution in [0.1, 0.15) is 23.6 Å². The van der Waals surface area contributed by atoms with Crippen LogP contribution in [0.5, 0.6) is 0 Å².